The molecule has 0 unspecified atom stereocenters. The first-order chi connectivity index (χ1) is 16.3. The second kappa shape index (κ2) is 10.7. The normalized spacial score (nSPS) is 14.7. The zero-order valence-corrected chi connectivity index (χ0v) is 21.7. The number of ether oxygens (including phenoxy) is 2. The summed E-state index contributed by atoms with van der Waals surface area (Å²) < 4.78 is 12.2. The van der Waals surface area contributed by atoms with Crippen molar-refractivity contribution in [3.63, 3.8) is 0 Å². The van der Waals surface area contributed by atoms with Crippen LogP contribution in [0.15, 0.2) is 70.0 Å². The maximum absolute atomic E-state index is 12.9. The maximum atomic E-state index is 12.9. The van der Waals surface area contributed by atoms with Crippen molar-refractivity contribution in [3.8, 4) is 11.5 Å². The zero-order valence-electron chi connectivity index (χ0n) is 18.5. The number of thioether (sulfide) groups is 1. The zero-order chi connectivity index (χ0) is 24.2. The number of methoxy groups -OCH3 is 1. The number of hydrogen-bond acceptors (Lipinski definition) is 5. The molecule has 0 radical (unpaired) electrons. The Hall–Kier alpha value is -2.74. The topological polar surface area (TPSA) is 55.8 Å². The van der Waals surface area contributed by atoms with Crippen LogP contribution in [0.3, 0.4) is 0 Å². The molecule has 0 aliphatic carbocycles. The number of carbonyl (C=O) groups excluding carboxylic acids is 2. The van der Waals surface area contributed by atoms with Crippen LogP contribution in [0.4, 0.5) is 4.79 Å². The van der Waals surface area contributed by atoms with E-state index in [2.05, 4.69) is 15.9 Å². The summed E-state index contributed by atoms with van der Waals surface area (Å²) in [5.74, 6) is 0.754. The molecule has 0 bridgehead atoms. The van der Waals surface area contributed by atoms with E-state index in [0.29, 0.717) is 38.1 Å². The molecule has 0 saturated carbocycles. The minimum Gasteiger partial charge on any atom is -0.493 e. The van der Waals surface area contributed by atoms with Gasteiger partial charge in [-0.2, -0.15) is 0 Å². The van der Waals surface area contributed by atoms with Gasteiger partial charge in [0.05, 0.1) is 23.0 Å². The van der Waals surface area contributed by atoms with E-state index in [-0.39, 0.29) is 17.7 Å². The molecule has 2 amide bonds. The van der Waals surface area contributed by atoms with E-state index in [1.165, 1.54) is 10.5 Å². The van der Waals surface area contributed by atoms with Crippen molar-refractivity contribution in [2.24, 2.45) is 0 Å². The standard InChI is InChI=1S/C26H21BrClNO4S/c1-16-3-5-18(6-4-16)15-33-24-21(27)11-19(12-22(24)32-2)13-23-25(30)29(26(31)34-23)14-17-7-9-20(28)10-8-17/h3-13H,14-15H2,1-2H3. The van der Waals surface area contributed by atoms with Crippen molar-refractivity contribution in [1.82, 2.24) is 4.90 Å². The molecule has 0 spiro atoms. The van der Waals surface area contributed by atoms with Crippen molar-refractivity contribution in [3.05, 3.63) is 97.3 Å². The monoisotopic (exact) mass is 557 g/mol. The second-order valence-electron chi connectivity index (χ2n) is 7.70. The van der Waals surface area contributed by atoms with Gasteiger partial charge < -0.3 is 9.47 Å². The van der Waals surface area contributed by atoms with Gasteiger partial charge in [-0.05, 0) is 81.6 Å². The van der Waals surface area contributed by atoms with Gasteiger partial charge in [0.2, 0.25) is 0 Å². The van der Waals surface area contributed by atoms with E-state index in [1.807, 2.05) is 37.3 Å². The molecule has 0 N–H and O–H groups in total. The SMILES string of the molecule is COc1cc(C=C2SC(=O)N(Cc3ccc(Cl)cc3)C2=O)cc(Br)c1OCc1ccc(C)cc1. The van der Waals surface area contributed by atoms with Gasteiger partial charge >= 0.3 is 0 Å². The molecule has 3 aromatic rings. The Morgan fingerprint density at radius 1 is 1.03 bits per heavy atom. The van der Waals surface area contributed by atoms with E-state index in [9.17, 15) is 9.59 Å². The summed E-state index contributed by atoms with van der Waals surface area (Å²) in [7, 11) is 1.56. The van der Waals surface area contributed by atoms with Gasteiger partial charge in [-0.25, -0.2) is 0 Å². The summed E-state index contributed by atoms with van der Waals surface area (Å²) in [5.41, 5.74) is 3.76. The van der Waals surface area contributed by atoms with Gasteiger partial charge in [0, 0.05) is 5.02 Å². The van der Waals surface area contributed by atoms with Crippen molar-refractivity contribution in [1.29, 1.82) is 0 Å². The molecule has 5 nitrogen and oxygen atoms in total. The van der Waals surface area contributed by atoms with Crippen LogP contribution in [0.2, 0.25) is 5.02 Å². The predicted molar refractivity (Wildman–Crippen MR) is 139 cm³/mol. The maximum Gasteiger partial charge on any atom is 0.293 e. The lowest BCUT2D eigenvalue weighted by Gasteiger charge is -2.14. The molecule has 1 saturated heterocycles. The number of halogens is 2. The van der Waals surface area contributed by atoms with Crippen LogP contribution < -0.4 is 9.47 Å². The van der Waals surface area contributed by atoms with Gasteiger partial charge in [-0.3, -0.25) is 14.5 Å². The number of hydrogen-bond donors (Lipinski definition) is 0. The summed E-state index contributed by atoms with van der Waals surface area (Å²) in [4.78, 5) is 27.0. The third kappa shape index (κ3) is 5.66. The molecule has 0 aromatic heterocycles. The largest absolute Gasteiger partial charge is 0.493 e. The molecule has 0 atom stereocenters. The van der Waals surface area contributed by atoms with Crippen LogP contribution in [-0.4, -0.2) is 23.2 Å². The van der Waals surface area contributed by atoms with Crippen molar-refractivity contribution in [2.75, 3.05) is 7.11 Å². The molecule has 4 rings (SSSR count). The first-order valence-corrected chi connectivity index (χ1v) is 12.4. The number of benzene rings is 3. The van der Waals surface area contributed by atoms with Gasteiger partial charge in [0.15, 0.2) is 11.5 Å². The van der Waals surface area contributed by atoms with Crippen LogP contribution in [0.25, 0.3) is 6.08 Å². The molecule has 8 heteroatoms. The lowest BCUT2D eigenvalue weighted by atomic mass is 10.1. The minimum absolute atomic E-state index is 0.192. The summed E-state index contributed by atoms with van der Waals surface area (Å²) in [6, 6.07) is 18.8. The fourth-order valence-corrected chi connectivity index (χ4v) is 4.90. The van der Waals surface area contributed by atoms with Crippen molar-refractivity contribution in [2.45, 2.75) is 20.1 Å². The smallest absolute Gasteiger partial charge is 0.293 e. The summed E-state index contributed by atoms with van der Waals surface area (Å²) in [6.45, 7) is 2.62. The molecule has 174 valence electrons. The van der Waals surface area contributed by atoms with E-state index in [4.69, 9.17) is 21.1 Å². The first-order valence-electron chi connectivity index (χ1n) is 10.4. The number of carbonyl (C=O) groups is 2. The van der Waals surface area contributed by atoms with Gasteiger partial charge in [0.25, 0.3) is 11.1 Å². The highest BCUT2D eigenvalue weighted by Gasteiger charge is 2.35. The van der Waals surface area contributed by atoms with Crippen LogP contribution in [0, 0.1) is 6.92 Å². The average Bonchev–Trinajstić information content (AvgIpc) is 3.07. The minimum atomic E-state index is -0.334. The fraction of sp³-hybridized carbons (Fsp3) is 0.154. The van der Waals surface area contributed by atoms with Gasteiger partial charge in [-0.1, -0.05) is 53.6 Å². The number of rotatable bonds is 7. The van der Waals surface area contributed by atoms with Gasteiger partial charge in [-0.15, -0.1) is 0 Å². The van der Waals surface area contributed by atoms with E-state index >= 15 is 0 Å². The molecule has 1 fully saturated rings. The first kappa shape index (κ1) is 24.4. The van der Waals surface area contributed by atoms with Crippen molar-refractivity contribution < 1.29 is 19.1 Å². The Balaban J connectivity index is 1.52. The summed E-state index contributed by atoms with van der Waals surface area (Å²) in [5, 5.41) is 0.291. The fourth-order valence-electron chi connectivity index (χ4n) is 3.36. The molecule has 1 aliphatic rings. The van der Waals surface area contributed by atoms with Crippen LogP contribution >= 0.6 is 39.3 Å². The van der Waals surface area contributed by atoms with Crippen LogP contribution in [0.1, 0.15) is 22.3 Å². The van der Waals surface area contributed by atoms with Crippen LogP contribution in [-0.2, 0) is 17.9 Å². The van der Waals surface area contributed by atoms with E-state index < -0.39 is 0 Å². The Kier molecular flexibility index (Phi) is 7.66. The van der Waals surface area contributed by atoms with Crippen molar-refractivity contribution >= 4 is 56.5 Å². The average molecular weight is 559 g/mol. The Bertz CT molecular complexity index is 1260. The van der Waals surface area contributed by atoms with E-state index in [1.54, 1.807) is 43.5 Å². The third-order valence-electron chi connectivity index (χ3n) is 5.18. The number of aryl methyl sites for hydroxylation is 1. The second-order valence-corrected chi connectivity index (χ2v) is 9.99. The Morgan fingerprint density at radius 2 is 1.71 bits per heavy atom. The summed E-state index contributed by atoms with van der Waals surface area (Å²) >= 11 is 10.4. The van der Waals surface area contributed by atoms with E-state index in [0.717, 1.165) is 22.9 Å². The number of nitrogens with zero attached hydrogens (tertiary/aromatic N) is 1. The molecular weight excluding hydrogens is 538 g/mol. The molecular formula is C26H21BrClNO4S. The molecule has 1 aliphatic heterocycles. The molecule has 1 heterocycles. The quantitative estimate of drug-likeness (QED) is 0.286. The highest BCUT2D eigenvalue weighted by Crippen LogP contribution is 2.39. The third-order valence-corrected chi connectivity index (χ3v) is 6.93. The highest BCUT2D eigenvalue weighted by atomic mass is 79.9. The predicted octanol–water partition coefficient (Wildman–Crippen LogP) is 7.24. The number of amides is 2. The Morgan fingerprint density at radius 3 is 2.38 bits per heavy atom. The number of imide groups is 1. The molecule has 3 aromatic carbocycles. The lowest BCUT2D eigenvalue weighted by molar-refractivity contribution is -0.123. The molecule has 34 heavy (non-hydrogen) atoms. The Labute approximate surface area is 215 Å². The lowest BCUT2D eigenvalue weighted by Crippen LogP contribution is -2.27. The van der Waals surface area contributed by atoms with Gasteiger partial charge in [0.1, 0.15) is 6.61 Å². The summed E-state index contributed by atoms with van der Waals surface area (Å²) in [6.07, 6.45) is 1.68. The highest BCUT2D eigenvalue weighted by molar-refractivity contribution is 9.10. The van der Waals surface area contributed by atoms with Crippen LogP contribution in [0.5, 0.6) is 11.5 Å².